The summed E-state index contributed by atoms with van der Waals surface area (Å²) in [5, 5.41) is 3.47. The second-order valence-corrected chi connectivity index (χ2v) is 5.10. The Balaban J connectivity index is 0.00000128. The Bertz CT molecular complexity index is 160. The molecule has 0 atom stereocenters. The van der Waals surface area contributed by atoms with Gasteiger partial charge in [0, 0.05) is 12.1 Å². The molecule has 1 aliphatic heterocycles. The minimum atomic E-state index is 0. The molecule has 1 aliphatic carbocycles. The van der Waals surface area contributed by atoms with Crippen LogP contribution in [0.1, 0.15) is 51.9 Å². The van der Waals surface area contributed by atoms with E-state index in [-0.39, 0.29) is 24.8 Å². The van der Waals surface area contributed by atoms with E-state index in [0.29, 0.717) is 0 Å². The minimum absolute atomic E-state index is 0. The first-order valence-corrected chi connectivity index (χ1v) is 6.88. The van der Waals surface area contributed by atoms with Crippen LogP contribution < -0.4 is 5.32 Å². The van der Waals surface area contributed by atoms with Crippen LogP contribution in [-0.2, 0) is 0 Å². The molecule has 2 nitrogen and oxygen atoms in total. The molecule has 2 fully saturated rings. The summed E-state index contributed by atoms with van der Waals surface area (Å²) in [6.07, 6.45) is 10.0. The number of hydrogen-bond acceptors (Lipinski definition) is 2. The molecule has 1 saturated carbocycles. The summed E-state index contributed by atoms with van der Waals surface area (Å²) in [5.41, 5.74) is 0. The fraction of sp³-hybridized carbons (Fsp3) is 1.00. The van der Waals surface area contributed by atoms with E-state index < -0.39 is 0 Å². The highest BCUT2D eigenvalue weighted by atomic mass is 35.5. The first kappa shape index (κ1) is 17.5. The van der Waals surface area contributed by atoms with Crippen molar-refractivity contribution in [3.05, 3.63) is 0 Å². The van der Waals surface area contributed by atoms with Crippen molar-refractivity contribution in [2.24, 2.45) is 0 Å². The second kappa shape index (κ2) is 9.43. The summed E-state index contributed by atoms with van der Waals surface area (Å²) in [7, 11) is 0. The molecule has 1 saturated heterocycles. The van der Waals surface area contributed by atoms with Crippen molar-refractivity contribution in [3.8, 4) is 0 Å². The van der Waals surface area contributed by atoms with Gasteiger partial charge in [-0.2, -0.15) is 0 Å². The van der Waals surface area contributed by atoms with Crippen LogP contribution in [0.5, 0.6) is 0 Å². The molecule has 17 heavy (non-hydrogen) atoms. The maximum Gasteiger partial charge on any atom is 0.0122 e. The number of nitrogens with one attached hydrogen (secondary N) is 1. The van der Waals surface area contributed by atoms with Crippen LogP contribution in [0, 0.1) is 0 Å². The second-order valence-electron chi connectivity index (χ2n) is 5.10. The van der Waals surface area contributed by atoms with Gasteiger partial charge in [0.1, 0.15) is 0 Å². The molecule has 1 heterocycles. The van der Waals surface area contributed by atoms with Gasteiger partial charge in [-0.25, -0.2) is 0 Å². The third-order valence-corrected chi connectivity index (χ3v) is 4.19. The van der Waals surface area contributed by atoms with E-state index in [0.717, 1.165) is 12.1 Å². The van der Waals surface area contributed by atoms with Crippen LogP contribution in [0.4, 0.5) is 0 Å². The summed E-state index contributed by atoms with van der Waals surface area (Å²) >= 11 is 0. The summed E-state index contributed by atoms with van der Waals surface area (Å²) in [6, 6.07) is 1.78. The molecule has 1 N–H and O–H groups in total. The third kappa shape index (κ3) is 4.94. The molecule has 104 valence electrons. The zero-order valence-corrected chi connectivity index (χ0v) is 12.6. The zero-order valence-electron chi connectivity index (χ0n) is 11.0. The molecule has 0 unspecified atom stereocenters. The van der Waals surface area contributed by atoms with Gasteiger partial charge < -0.3 is 5.32 Å². The summed E-state index contributed by atoms with van der Waals surface area (Å²) in [4.78, 5) is 2.81. The first-order chi connectivity index (χ1) is 7.42. The van der Waals surface area contributed by atoms with Crippen LogP contribution in [0.2, 0.25) is 0 Å². The standard InChI is InChI=1S/C13H26N2.2ClH/c1-2-15(12-6-4-3-5-7-12)13-8-10-14-11-9-13;;/h12-14H,2-11H2,1H3;2*1H. The Labute approximate surface area is 119 Å². The predicted molar refractivity (Wildman–Crippen MR) is 79.6 cm³/mol. The fourth-order valence-electron chi connectivity index (χ4n) is 3.37. The highest BCUT2D eigenvalue weighted by molar-refractivity contribution is 5.85. The maximum atomic E-state index is 3.47. The van der Waals surface area contributed by atoms with Gasteiger partial charge in [0.25, 0.3) is 0 Å². The lowest BCUT2D eigenvalue weighted by molar-refractivity contribution is 0.0909. The quantitative estimate of drug-likeness (QED) is 0.855. The van der Waals surface area contributed by atoms with Gasteiger partial charge in [-0.3, -0.25) is 4.90 Å². The van der Waals surface area contributed by atoms with Crippen LogP contribution in [-0.4, -0.2) is 36.6 Å². The lowest BCUT2D eigenvalue weighted by Crippen LogP contribution is -2.48. The van der Waals surface area contributed by atoms with Crippen molar-refractivity contribution in [2.75, 3.05) is 19.6 Å². The lowest BCUT2D eigenvalue weighted by Gasteiger charge is -2.41. The Morgan fingerprint density at radius 3 is 1.94 bits per heavy atom. The molecule has 2 rings (SSSR count). The normalized spacial score (nSPS) is 22.9. The molecule has 0 bridgehead atoms. The molecular formula is C13H28Cl2N2. The monoisotopic (exact) mass is 282 g/mol. The Hall–Kier alpha value is 0.500. The molecule has 0 amide bonds. The molecule has 4 heteroatoms. The lowest BCUT2D eigenvalue weighted by atomic mass is 9.91. The van der Waals surface area contributed by atoms with Crippen LogP contribution in [0.15, 0.2) is 0 Å². The van der Waals surface area contributed by atoms with Crippen LogP contribution in [0.3, 0.4) is 0 Å². The van der Waals surface area contributed by atoms with E-state index in [1.165, 1.54) is 64.6 Å². The SMILES string of the molecule is CCN(C1CCCCC1)C1CCNCC1.Cl.Cl. The molecular weight excluding hydrogens is 255 g/mol. The van der Waals surface area contributed by atoms with E-state index in [9.17, 15) is 0 Å². The third-order valence-electron chi connectivity index (χ3n) is 4.19. The summed E-state index contributed by atoms with van der Waals surface area (Å²) < 4.78 is 0. The molecule has 0 spiro atoms. The summed E-state index contributed by atoms with van der Waals surface area (Å²) in [5.74, 6) is 0. The van der Waals surface area contributed by atoms with E-state index in [1.54, 1.807) is 0 Å². The van der Waals surface area contributed by atoms with E-state index >= 15 is 0 Å². The van der Waals surface area contributed by atoms with E-state index in [4.69, 9.17) is 0 Å². The Kier molecular flexibility index (Phi) is 9.71. The number of halogens is 2. The number of piperidine rings is 1. The number of nitrogens with zero attached hydrogens (tertiary/aromatic N) is 1. The van der Waals surface area contributed by atoms with Gasteiger partial charge in [-0.1, -0.05) is 26.2 Å². The average Bonchev–Trinajstić information content (AvgIpc) is 2.33. The van der Waals surface area contributed by atoms with Gasteiger partial charge in [0.15, 0.2) is 0 Å². The topological polar surface area (TPSA) is 15.3 Å². The smallest absolute Gasteiger partial charge is 0.0122 e. The Morgan fingerprint density at radius 1 is 0.882 bits per heavy atom. The van der Waals surface area contributed by atoms with Crippen molar-refractivity contribution in [1.29, 1.82) is 0 Å². The average molecular weight is 283 g/mol. The van der Waals surface area contributed by atoms with Gasteiger partial charge in [-0.15, -0.1) is 24.8 Å². The fourth-order valence-corrected chi connectivity index (χ4v) is 3.37. The van der Waals surface area contributed by atoms with Crippen molar-refractivity contribution in [1.82, 2.24) is 10.2 Å². The maximum absolute atomic E-state index is 3.47. The van der Waals surface area contributed by atoms with Crippen molar-refractivity contribution < 1.29 is 0 Å². The number of hydrogen-bond donors (Lipinski definition) is 1. The predicted octanol–water partition coefficient (Wildman–Crippen LogP) is 3.24. The number of rotatable bonds is 3. The highest BCUT2D eigenvalue weighted by Gasteiger charge is 2.27. The van der Waals surface area contributed by atoms with Crippen molar-refractivity contribution >= 4 is 24.8 Å². The zero-order chi connectivity index (χ0) is 10.5. The van der Waals surface area contributed by atoms with Crippen LogP contribution >= 0.6 is 24.8 Å². The van der Waals surface area contributed by atoms with Crippen molar-refractivity contribution in [3.63, 3.8) is 0 Å². The van der Waals surface area contributed by atoms with Gasteiger partial charge >= 0.3 is 0 Å². The molecule has 2 aliphatic rings. The molecule has 0 aromatic carbocycles. The van der Waals surface area contributed by atoms with Gasteiger partial charge in [0.05, 0.1) is 0 Å². The van der Waals surface area contributed by atoms with Gasteiger partial charge in [0.2, 0.25) is 0 Å². The minimum Gasteiger partial charge on any atom is -0.317 e. The van der Waals surface area contributed by atoms with Gasteiger partial charge in [-0.05, 0) is 45.3 Å². The van der Waals surface area contributed by atoms with E-state index in [2.05, 4.69) is 17.1 Å². The van der Waals surface area contributed by atoms with E-state index in [1.807, 2.05) is 0 Å². The first-order valence-electron chi connectivity index (χ1n) is 6.88. The highest BCUT2D eigenvalue weighted by Crippen LogP contribution is 2.26. The molecule has 0 radical (unpaired) electrons. The molecule has 0 aromatic heterocycles. The Morgan fingerprint density at radius 2 is 1.41 bits per heavy atom. The van der Waals surface area contributed by atoms with Crippen LogP contribution in [0.25, 0.3) is 0 Å². The molecule has 0 aromatic rings. The summed E-state index contributed by atoms with van der Waals surface area (Å²) in [6.45, 7) is 6.06. The largest absolute Gasteiger partial charge is 0.317 e. The van der Waals surface area contributed by atoms with Crippen molar-refractivity contribution in [2.45, 2.75) is 64.0 Å².